The molecule has 23 heavy (non-hydrogen) atoms. The molecule has 0 saturated heterocycles. The number of ether oxygens (including phenoxy) is 1. The van der Waals surface area contributed by atoms with Crippen molar-refractivity contribution >= 4 is 28.8 Å². The van der Waals surface area contributed by atoms with Crippen LogP contribution in [-0.2, 0) is 24.0 Å². The minimum absolute atomic E-state index is 0.0782. The summed E-state index contributed by atoms with van der Waals surface area (Å²) < 4.78 is 4.84. The van der Waals surface area contributed by atoms with Gasteiger partial charge in [0.2, 0.25) is 5.91 Å². The number of nitrogens with zero attached hydrogens (tertiary/aromatic N) is 1. The third-order valence-corrected chi connectivity index (χ3v) is 3.61. The van der Waals surface area contributed by atoms with Gasteiger partial charge in [0, 0.05) is 19.1 Å². The van der Waals surface area contributed by atoms with Crippen molar-refractivity contribution in [3.63, 3.8) is 0 Å². The molecule has 9 nitrogen and oxygen atoms in total. The van der Waals surface area contributed by atoms with E-state index in [1.54, 1.807) is 6.92 Å². The second kappa shape index (κ2) is 13.3. The van der Waals surface area contributed by atoms with E-state index < -0.39 is 17.4 Å². The third-order valence-electron chi connectivity index (χ3n) is 2.59. The van der Waals surface area contributed by atoms with E-state index in [9.17, 15) is 19.6 Å². The molecule has 0 rings (SSSR count). The summed E-state index contributed by atoms with van der Waals surface area (Å²) in [6.45, 7) is 3.23. The molecule has 0 aliphatic carbocycles. The first kappa shape index (κ1) is 21.8. The maximum absolute atomic E-state index is 11.7. The van der Waals surface area contributed by atoms with Crippen LogP contribution in [0.5, 0.6) is 0 Å². The maximum Gasteiger partial charge on any atom is 0.329 e. The highest BCUT2D eigenvalue weighted by molar-refractivity contribution is 8.13. The van der Waals surface area contributed by atoms with Gasteiger partial charge in [-0.2, -0.15) is 0 Å². The topological polar surface area (TPSA) is 128 Å². The van der Waals surface area contributed by atoms with Crippen LogP contribution in [0, 0.1) is 5.21 Å². The largest absolute Gasteiger partial charge is 0.738 e. The number of esters is 1. The molecule has 0 heterocycles. The fourth-order valence-electron chi connectivity index (χ4n) is 1.60. The molecule has 0 bridgehead atoms. The number of thioether (sulfide) groups is 1. The third kappa shape index (κ3) is 13.0. The summed E-state index contributed by atoms with van der Waals surface area (Å²) in [5.41, 5.74) is 0. The van der Waals surface area contributed by atoms with Crippen LogP contribution >= 0.6 is 11.8 Å². The summed E-state index contributed by atoms with van der Waals surface area (Å²) in [6, 6.07) is -0.845. The molecule has 0 saturated carbocycles. The molecule has 1 atom stereocenters. The molecular formula is C13H23N2O7S-. The molecule has 0 radical (unpaired) electrons. The van der Waals surface area contributed by atoms with Crippen molar-refractivity contribution in [3.05, 3.63) is 5.21 Å². The van der Waals surface area contributed by atoms with E-state index in [1.165, 1.54) is 6.92 Å². The van der Waals surface area contributed by atoms with Crippen molar-refractivity contribution in [2.24, 2.45) is 0 Å². The van der Waals surface area contributed by atoms with Gasteiger partial charge in [-0.3, -0.25) is 14.4 Å². The number of rotatable bonds is 12. The second-order valence-corrected chi connectivity index (χ2v) is 5.65. The van der Waals surface area contributed by atoms with Gasteiger partial charge in [-0.05, 0) is 19.8 Å². The molecule has 0 aliphatic rings. The van der Waals surface area contributed by atoms with E-state index >= 15 is 0 Å². The van der Waals surface area contributed by atoms with Crippen molar-refractivity contribution in [1.82, 2.24) is 10.7 Å². The summed E-state index contributed by atoms with van der Waals surface area (Å²) >= 11 is 0.965. The standard InChI is InChI=1S/C13H23N2O7S/c1-3-21-13(18)11(14-10(2)16)9-23-12(17)7-5-4-6-8-22-15(19)20/h11,19H,3-9H2,1-2H3,(H,14,16)/q-1/t11-/m0/s1. The minimum atomic E-state index is -0.845. The average Bonchev–Trinajstić information content (AvgIpc) is 2.46. The Balaban J connectivity index is 3.93. The number of carbonyl (C=O) groups is 3. The monoisotopic (exact) mass is 351 g/mol. The Bertz CT molecular complexity index is 379. The zero-order chi connectivity index (χ0) is 17.7. The Hall–Kier alpha value is -1.20. The van der Waals surface area contributed by atoms with Gasteiger partial charge in [0.05, 0.1) is 13.2 Å². The first-order chi connectivity index (χ1) is 10.9. The Morgan fingerprint density at radius 1 is 1.30 bits per heavy atom. The predicted molar refractivity (Wildman–Crippen MR) is 83.1 cm³/mol. The fourth-order valence-corrected chi connectivity index (χ4v) is 2.46. The lowest BCUT2D eigenvalue weighted by Crippen LogP contribution is -2.42. The van der Waals surface area contributed by atoms with Crippen LogP contribution in [0.25, 0.3) is 0 Å². The second-order valence-electron chi connectivity index (χ2n) is 4.57. The van der Waals surface area contributed by atoms with Gasteiger partial charge in [-0.25, -0.2) is 4.79 Å². The Labute approximate surface area is 139 Å². The summed E-state index contributed by atoms with van der Waals surface area (Å²) in [4.78, 5) is 38.7. The molecule has 1 amide bonds. The summed E-state index contributed by atoms with van der Waals surface area (Å²) in [5.74, 6) is -0.811. The van der Waals surface area contributed by atoms with Crippen molar-refractivity contribution in [1.29, 1.82) is 0 Å². The van der Waals surface area contributed by atoms with E-state index in [0.29, 0.717) is 25.7 Å². The first-order valence-corrected chi connectivity index (χ1v) is 8.23. The maximum atomic E-state index is 11.7. The van der Waals surface area contributed by atoms with Gasteiger partial charge in [-0.1, -0.05) is 18.2 Å². The Morgan fingerprint density at radius 3 is 2.57 bits per heavy atom. The normalized spacial score (nSPS) is 12.0. The van der Waals surface area contributed by atoms with Crippen LogP contribution in [0.4, 0.5) is 0 Å². The SMILES string of the molecule is CCOC(=O)[C@H](CSC(=O)CCCCCON([O-])O)NC(C)=O. The van der Waals surface area contributed by atoms with Gasteiger partial charge >= 0.3 is 5.97 Å². The molecular weight excluding hydrogens is 328 g/mol. The Morgan fingerprint density at radius 2 is 2.00 bits per heavy atom. The zero-order valence-corrected chi connectivity index (χ0v) is 14.1. The number of hydrogen-bond acceptors (Lipinski definition) is 9. The van der Waals surface area contributed by atoms with Crippen molar-refractivity contribution < 1.29 is 29.2 Å². The van der Waals surface area contributed by atoms with Crippen LogP contribution in [0.1, 0.15) is 39.5 Å². The van der Waals surface area contributed by atoms with Crippen LogP contribution in [0.3, 0.4) is 0 Å². The van der Waals surface area contributed by atoms with E-state index in [0.717, 1.165) is 11.8 Å². The molecule has 0 unspecified atom stereocenters. The number of carbonyl (C=O) groups excluding carboxylic acids is 3. The minimum Gasteiger partial charge on any atom is -0.738 e. The van der Waals surface area contributed by atoms with Gasteiger partial charge in [0.25, 0.3) is 0 Å². The number of amides is 1. The van der Waals surface area contributed by atoms with Crippen LogP contribution in [0.2, 0.25) is 0 Å². The van der Waals surface area contributed by atoms with E-state index in [1.807, 2.05) is 0 Å². The first-order valence-electron chi connectivity index (χ1n) is 7.25. The lowest BCUT2D eigenvalue weighted by Gasteiger charge is -2.17. The number of nitrogens with one attached hydrogen (secondary N) is 1. The van der Waals surface area contributed by atoms with Crippen molar-refractivity contribution in [2.75, 3.05) is 19.0 Å². The molecule has 0 aromatic heterocycles. The number of unbranched alkanes of at least 4 members (excludes halogenated alkanes) is 2. The smallest absolute Gasteiger partial charge is 0.329 e. The molecule has 134 valence electrons. The highest BCUT2D eigenvalue weighted by Gasteiger charge is 2.22. The zero-order valence-electron chi connectivity index (χ0n) is 13.3. The molecule has 10 heteroatoms. The highest BCUT2D eigenvalue weighted by Crippen LogP contribution is 2.12. The van der Waals surface area contributed by atoms with E-state index in [2.05, 4.69) is 10.2 Å². The number of hydrogen-bond donors (Lipinski definition) is 2. The van der Waals surface area contributed by atoms with Gasteiger partial charge in [-0.15, -0.1) is 5.39 Å². The molecule has 0 aromatic rings. The predicted octanol–water partition coefficient (Wildman–Crippen LogP) is 0.995. The molecule has 0 spiro atoms. The molecule has 0 aliphatic heterocycles. The lowest BCUT2D eigenvalue weighted by atomic mass is 10.2. The summed E-state index contributed by atoms with van der Waals surface area (Å²) in [7, 11) is 0. The fraction of sp³-hybridized carbons (Fsp3) is 0.769. The molecule has 0 aromatic carbocycles. The highest BCUT2D eigenvalue weighted by atomic mass is 32.2. The van der Waals surface area contributed by atoms with Crippen molar-refractivity contribution in [2.45, 2.75) is 45.6 Å². The van der Waals surface area contributed by atoms with Crippen molar-refractivity contribution in [3.8, 4) is 0 Å². The van der Waals surface area contributed by atoms with Gasteiger partial charge in [0.15, 0.2) is 5.12 Å². The molecule has 2 N–H and O–H groups in total. The summed E-state index contributed by atoms with van der Waals surface area (Å²) in [5, 5.41) is 20.0. The average molecular weight is 351 g/mol. The van der Waals surface area contributed by atoms with Gasteiger partial charge in [0.1, 0.15) is 6.04 Å². The van der Waals surface area contributed by atoms with Crippen LogP contribution in [0.15, 0.2) is 0 Å². The van der Waals surface area contributed by atoms with Crippen LogP contribution in [-0.4, -0.2) is 52.6 Å². The lowest BCUT2D eigenvalue weighted by molar-refractivity contribution is -0.305. The van der Waals surface area contributed by atoms with Crippen LogP contribution < -0.4 is 5.32 Å². The Kier molecular flexibility index (Phi) is 12.6. The van der Waals surface area contributed by atoms with E-state index in [-0.39, 0.29) is 30.0 Å². The summed E-state index contributed by atoms with van der Waals surface area (Å²) in [6.07, 6.45) is 2.10. The quantitative estimate of drug-likeness (QED) is 0.300. The van der Waals surface area contributed by atoms with E-state index in [4.69, 9.17) is 9.94 Å². The van der Waals surface area contributed by atoms with Gasteiger partial charge < -0.3 is 20.5 Å². The molecule has 0 fully saturated rings.